The number of carbonyl (C=O) groups excluding carboxylic acids is 1. The summed E-state index contributed by atoms with van der Waals surface area (Å²) in [5.74, 6) is 0.154. The number of pyridine rings is 1. The van der Waals surface area contributed by atoms with Crippen LogP contribution in [0.4, 0.5) is 18.9 Å². The number of fused-ring (bicyclic) bond motifs is 3. The Morgan fingerprint density at radius 2 is 2.06 bits per heavy atom. The minimum Gasteiger partial charge on any atom is -0.349 e. The number of H-pyrrole nitrogens is 1. The largest absolute Gasteiger partial charge is 0.401 e. The highest BCUT2D eigenvalue weighted by Crippen LogP contribution is 2.38. The van der Waals surface area contributed by atoms with E-state index in [9.17, 15) is 18.0 Å². The van der Waals surface area contributed by atoms with Gasteiger partial charge in [-0.15, -0.1) is 0 Å². The third-order valence-corrected chi connectivity index (χ3v) is 6.40. The minimum absolute atomic E-state index is 0.0677. The van der Waals surface area contributed by atoms with Gasteiger partial charge in [-0.05, 0) is 44.2 Å². The lowest BCUT2D eigenvalue weighted by Crippen LogP contribution is -2.52. The van der Waals surface area contributed by atoms with E-state index < -0.39 is 12.7 Å². The molecule has 1 amide bonds. The maximum atomic E-state index is 13.1. The maximum Gasteiger partial charge on any atom is 0.401 e. The summed E-state index contributed by atoms with van der Waals surface area (Å²) < 4.78 is 37.2. The van der Waals surface area contributed by atoms with Crippen LogP contribution < -0.4 is 10.2 Å². The molecule has 7 nitrogen and oxygen atoms in total. The number of nitrogens with zero attached hydrogens (tertiary/aromatic N) is 4. The summed E-state index contributed by atoms with van der Waals surface area (Å²) in [5, 5.41) is 3.45. The van der Waals surface area contributed by atoms with Crippen LogP contribution >= 0.6 is 0 Å². The number of nitrogens with one attached hydrogen (secondary N) is 2. The Bertz CT molecular complexity index is 990. The van der Waals surface area contributed by atoms with Crippen molar-refractivity contribution >= 4 is 22.6 Å². The highest BCUT2D eigenvalue weighted by Gasteiger charge is 2.36. The number of aromatic amines is 1. The fourth-order valence-electron chi connectivity index (χ4n) is 4.84. The van der Waals surface area contributed by atoms with Gasteiger partial charge in [0.1, 0.15) is 5.65 Å². The number of anilines is 1. The maximum absolute atomic E-state index is 13.1. The molecule has 0 aromatic carbocycles. The topological polar surface area (TPSA) is 68.6 Å². The molecule has 0 atom stereocenters. The lowest BCUT2D eigenvalue weighted by molar-refractivity contribution is -0.125. The van der Waals surface area contributed by atoms with Crippen LogP contribution in [-0.2, 0) is 0 Å². The van der Waals surface area contributed by atoms with Gasteiger partial charge in [-0.2, -0.15) is 13.2 Å². The normalized spacial score (nSPS) is 21.6. The fraction of sp³-hybridized carbons (Fsp3) is 0.591. The number of hydrogen-bond acceptors (Lipinski definition) is 4. The van der Waals surface area contributed by atoms with E-state index in [1.165, 1.54) is 0 Å². The van der Waals surface area contributed by atoms with Crippen LogP contribution in [0.2, 0.25) is 0 Å². The van der Waals surface area contributed by atoms with E-state index >= 15 is 0 Å². The van der Waals surface area contributed by atoms with Gasteiger partial charge < -0.3 is 24.9 Å². The summed E-state index contributed by atoms with van der Waals surface area (Å²) in [6.07, 6.45) is 3.27. The predicted octanol–water partition coefficient (Wildman–Crippen LogP) is 3.80. The summed E-state index contributed by atoms with van der Waals surface area (Å²) in [4.78, 5) is 28.1. The van der Waals surface area contributed by atoms with Gasteiger partial charge in [0.05, 0.1) is 24.5 Å². The zero-order valence-electron chi connectivity index (χ0n) is 17.8. The van der Waals surface area contributed by atoms with Crippen molar-refractivity contribution in [1.29, 1.82) is 0 Å². The quantitative estimate of drug-likeness (QED) is 0.500. The number of halogens is 3. The Kier molecular flexibility index (Phi) is 6.55. The highest BCUT2D eigenvalue weighted by atomic mass is 19.4. The Hall–Kier alpha value is -2.80. The van der Waals surface area contributed by atoms with Crippen molar-refractivity contribution in [1.82, 2.24) is 20.2 Å². The van der Waals surface area contributed by atoms with Crippen molar-refractivity contribution < 1.29 is 18.0 Å². The van der Waals surface area contributed by atoms with E-state index in [0.717, 1.165) is 42.4 Å². The molecule has 0 saturated heterocycles. The number of aromatic nitrogens is 2. The van der Waals surface area contributed by atoms with Gasteiger partial charge in [0.15, 0.2) is 0 Å². The van der Waals surface area contributed by atoms with Crippen LogP contribution in [-0.4, -0.2) is 65.8 Å². The lowest BCUT2D eigenvalue weighted by Gasteiger charge is -2.44. The van der Waals surface area contributed by atoms with Crippen molar-refractivity contribution in [2.75, 3.05) is 37.7 Å². The Balaban J connectivity index is 1.50. The van der Waals surface area contributed by atoms with E-state index in [2.05, 4.69) is 25.0 Å². The van der Waals surface area contributed by atoms with Gasteiger partial charge in [-0.1, -0.05) is 0 Å². The lowest BCUT2D eigenvalue weighted by atomic mass is 9.84. The van der Waals surface area contributed by atoms with Crippen LogP contribution in [0.15, 0.2) is 18.5 Å². The molecular weight excluding hydrogens is 421 g/mol. The summed E-state index contributed by atoms with van der Waals surface area (Å²) in [5.41, 5.74) is 2.19. The van der Waals surface area contributed by atoms with Crippen molar-refractivity contribution in [2.24, 2.45) is 5.92 Å². The molecule has 2 aromatic heterocycles. The van der Waals surface area contributed by atoms with E-state index in [1.54, 1.807) is 11.1 Å². The molecular formula is C22H27F3N6O. The molecule has 2 aromatic rings. The third kappa shape index (κ3) is 4.83. The highest BCUT2D eigenvalue weighted by molar-refractivity contribution is 6.08. The summed E-state index contributed by atoms with van der Waals surface area (Å²) >= 11 is 0. The van der Waals surface area contributed by atoms with Gasteiger partial charge in [0, 0.05) is 36.8 Å². The monoisotopic (exact) mass is 448 g/mol. The van der Waals surface area contributed by atoms with Gasteiger partial charge in [-0.3, -0.25) is 4.79 Å². The van der Waals surface area contributed by atoms with Crippen molar-refractivity contribution in [3.05, 3.63) is 35.4 Å². The van der Waals surface area contributed by atoms with Crippen LogP contribution in [0, 0.1) is 12.5 Å². The smallest absolute Gasteiger partial charge is 0.349 e. The molecule has 172 valence electrons. The molecule has 1 aliphatic heterocycles. The molecule has 0 bridgehead atoms. The molecule has 1 fully saturated rings. The first-order valence-electron chi connectivity index (χ1n) is 11.0. The van der Waals surface area contributed by atoms with Crippen LogP contribution in [0.1, 0.15) is 42.5 Å². The number of alkyl halides is 3. The molecule has 0 radical (unpaired) electrons. The van der Waals surface area contributed by atoms with Crippen molar-refractivity contribution in [3.63, 3.8) is 0 Å². The standard InChI is InChI=1S/C22H27F3N6O/c1-26-8-2-10-30-14-31(16-5-3-15(4-6-16)11-27-13-22(23,24)25)19-17-7-9-28-20(17)29-12-18(19)21(30)32/h7,9,12,15-16,27H,2-6,8,10-11,13-14H2,(H,28,29). The van der Waals surface area contributed by atoms with Gasteiger partial charge in [0.25, 0.3) is 5.91 Å². The number of carbonyl (C=O) groups is 1. The van der Waals surface area contributed by atoms with E-state index in [4.69, 9.17) is 6.57 Å². The zero-order valence-corrected chi connectivity index (χ0v) is 17.8. The molecule has 32 heavy (non-hydrogen) atoms. The van der Waals surface area contributed by atoms with Crippen LogP contribution in [0.25, 0.3) is 15.9 Å². The van der Waals surface area contributed by atoms with Gasteiger partial charge in [-0.25, -0.2) is 11.6 Å². The molecule has 1 aliphatic carbocycles. The molecule has 10 heteroatoms. The average Bonchev–Trinajstić information content (AvgIpc) is 3.24. The Morgan fingerprint density at radius 1 is 1.28 bits per heavy atom. The van der Waals surface area contributed by atoms with Gasteiger partial charge >= 0.3 is 6.18 Å². The molecule has 0 spiro atoms. The number of rotatable bonds is 7. The first-order chi connectivity index (χ1) is 15.4. The van der Waals surface area contributed by atoms with E-state index in [1.807, 2.05) is 12.3 Å². The first kappa shape index (κ1) is 22.4. The Labute approximate surface area is 184 Å². The second-order valence-corrected chi connectivity index (χ2v) is 8.60. The first-order valence-corrected chi connectivity index (χ1v) is 11.0. The average molecular weight is 448 g/mol. The van der Waals surface area contributed by atoms with Crippen LogP contribution in [0.3, 0.4) is 0 Å². The predicted molar refractivity (Wildman–Crippen MR) is 115 cm³/mol. The molecule has 2 N–H and O–H groups in total. The summed E-state index contributed by atoms with van der Waals surface area (Å²) in [7, 11) is 0. The minimum atomic E-state index is -4.19. The zero-order chi connectivity index (χ0) is 22.7. The molecule has 4 rings (SSSR count). The summed E-state index contributed by atoms with van der Waals surface area (Å²) in [6, 6.07) is 2.13. The number of amides is 1. The second-order valence-electron chi connectivity index (χ2n) is 8.60. The van der Waals surface area contributed by atoms with E-state index in [0.29, 0.717) is 38.3 Å². The second kappa shape index (κ2) is 9.36. The molecule has 0 unspecified atom stereocenters. The SMILES string of the molecule is [C-]#[N+]CCCN1CN(C2CCC(CNCC(F)(F)F)CC2)c2c(cnc3[nH]ccc23)C1=O. The van der Waals surface area contributed by atoms with Crippen molar-refractivity contribution in [3.8, 4) is 0 Å². The van der Waals surface area contributed by atoms with Crippen LogP contribution in [0.5, 0.6) is 0 Å². The van der Waals surface area contributed by atoms with Gasteiger partial charge in [0.2, 0.25) is 6.54 Å². The molecule has 1 saturated carbocycles. The molecule has 3 heterocycles. The van der Waals surface area contributed by atoms with E-state index in [-0.39, 0.29) is 17.9 Å². The molecule has 2 aliphatic rings. The third-order valence-electron chi connectivity index (χ3n) is 6.40. The summed E-state index contributed by atoms with van der Waals surface area (Å²) in [6.45, 7) is 7.75. The van der Waals surface area contributed by atoms with Crippen molar-refractivity contribution in [2.45, 2.75) is 44.3 Å². The number of hydrogen-bond donors (Lipinski definition) is 2. The fourth-order valence-corrected chi connectivity index (χ4v) is 4.84. The Morgan fingerprint density at radius 3 is 2.78 bits per heavy atom.